The first kappa shape index (κ1) is 17.7. The number of guanidine groups is 1. The van der Waals surface area contributed by atoms with Crippen molar-refractivity contribution in [3.8, 4) is 0 Å². The van der Waals surface area contributed by atoms with Crippen LogP contribution in [0.5, 0.6) is 0 Å². The smallest absolute Gasteiger partial charge is 0.377 e. The molecule has 0 saturated heterocycles. The highest BCUT2D eigenvalue weighted by Crippen LogP contribution is 2.29. The van der Waals surface area contributed by atoms with Crippen LogP contribution in [-0.4, -0.2) is 37.7 Å². The second kappa shape index (κ2) is 8.30. The van der Waals surface area contributed by atoms with Crippen molar-refractivity contribution in [1.82, 2.24) is 15.6 Å². The molecule has 0 aliphatic carbocycles. The fourth-order valence-corrected chi connectivity index (χ4v) is 2.78. The van der Waals surface area contributed by atoms with Gasteiger partial charge in [0.25, 0.3) is 0 Å². The Labute approximate surface area is 136 Å². The predicted molar refractivity (Wildman–Crippen MR) is 83.5 cm³/mol. The van der Waals surface area contributed by atoms with Gasteiger partial charge in [-0.1, -0.05) is 11.6 Å². The first-order valence-corrected chi connectivity index (χ1v) is 8.09. The molecule has 0 saturated carbocycles. The highest BCUT2D eigenvalue weighted by Gasteiger charge is 2.33. The third-order valence-electron chi connectivity index (χ3n) is 3.27. The van der Waals surface area contributed by atoms with Crippen LogP contribution in [0.1, 0.15) is 23.5 Å². The van der Waals surface area contributed by atoms with Crippen LogP contribution < -0.4 is 10.6 Å². The highest BCUT2D eigenvalue weighted by molar-refractivity contribution is 7.09. The fraction of sp³-hybridized carbons (Fsp3) is 0.571. The molecule has 0 amide bonds. The zero-order chi connectivity index (χ0) is 16.7. The van der Waals surface area contributed by atoms with Crippen LogP contribution in [0.2, 0.25) is 0 Å². The van der Waals surface area contributed by atoms with E-state index in [1.54, 1.807) is 7.05 Å². The zero-order valence-corrected chi connectivity index (χ0v) is 13.6. The fourth-order valence-electron chi connectivity index (χ4n) is 2.04. The summed E-state index contributed by atoms with van der Waals surface area (Å²) in [6.07, 6.45) is -0.492. The molecule has 128 valence electrons. The standard InChI is InChI=1S/C14H19F3N4OS/c1-18-13(19-5-2-10-3-6-22-7-4-10)20-8-12-21-11(9-23-12)14(15,16)17/h3,9H,2,4-8H2,1H3,(H2,18,19,20). The second-order valence-electron chi connectivity index (χ2n) is 4.91. The SMILES string of the molecule is CN=C(NCCC1=CCOCC1)NCc1nc(C(F)(F)F)cs1. The minimum Gasteiger partial charge on any atom is -0.377 e. The Morgan fingerprint density at radius 3 is 2.87 bits per heavy atom. The first-order valence-electron chi connectivity index (χ1n) is 7.21. The second-order valence-corrected chi connectivity index (χ2v) is 5.86. The van der Waals surface area contributed by atoms with Crippen LogP contribution >= 0.6 is 11.3 Å². The van der Waals surface area contributed by atoms with E-state index in [4.69, 9.17) is 4.74 Å². The topological polar surface area (TPSA) is 58.5 Å². The van der Waals surface area contributed by atoms with Crippen molar-refractivity contribution in [2.45, 2.75) is 25.6 Å². The van der Waals surface area contributed by atoms with E-state index in [9.17, 15) is 13.2 Å². The first-order chi connectivity index (χ1) is 11.0. The van der Waals surface area contributed by atoms with Crippen molar-refractivity contribution < 1.29 is 17.9 Å². The Bertz CT molecular complexity index is 569. The summed E-state index contributed by atoms with van der Waals surface area (Å²) in [6, 6.07) is 0. The maximum atomic E-state index is 12.5. The molecule has 2 heterocycles. The molecule has 23 heavy (non-hydrogen) atoms. The molecule has 0 radical (unpaired) electrons. The summed E-state index contributed by atoms with van der Waals surface area (Å²) in [5.41, 5.74) is 0.489. The molecule has 9 heteroatoms. The summed E-state index contributed by atoms with van der Waals surface area (Å²) in [7, 11) is 1.62. The molecule has 0 bridgehead atoms. The molecule has 2 N–H and O–H groups in total. The summed E-state index contributed by atoms with van der Waals surface area (Å²) in [4.78, 5) is 7.61. The van der Waals surface area contributed by atoms with Gasteiger partial charge in [0.1, 0.15) is 5.01 Å². The summed E-state index contributed by atoms with van der Waals surface area (Å²) >= 11 is 0.976. The van der Waals surface area contributed by atoms with Gasteiger partial charge in [0.15, 0.2) is 11.7 Å². The maximum absolute atomic E-state index is 12.5. The van der Waals surface area contributed by atoms with Crippen LogP contribution in [0.25, 0.3) is 0 Å². The van der Waals surface area contributed by atoms with Gasteiger partial charge in [-0.05, 0) is 12.8 Å². The normalized spacial score (nSPS) is 16.2. The lowest BCUT2D eigenvalue weighted by molar-refractivity contribution is -0.140. The van der Waals surface area contributed by atoms with E-state index in [-0.39, 0.29) is 6.54 Å². The van der Waals surface area contributed by atoms with E-state index in [0.29, 0.717) is 24.1 Å². The molecule has 2 rings (SSSR count). The van der Waals surface area contributed by atoms with Gasteiger partial charge in [-0.25, -0.2) is 4.98 Å². The van der Waals surface area contributed by atoms with E-state index >= 15 is 0 Å². The molecular weight excluding hydrogens is 329 g/mol. The number of hydrogen-bond donors (Lipinski definition) is 2. The number of alkyl halides is 3. The summed E-state index contributed by atoms with van der Waals surface area (Å²) in [6.45, 7) is 2.33. The van der Waals surface area contributed by atoms with Gasteiger partial charge in [-0.2, -0.15) is 13.2 Å². The van der Waals surface area contributed by atoms with Gasteiger partial charge >= 0.3 is 6.18 Å². The monoisotopic (exact) mass is 348 g/mol. The molecule has 1 aliphatic rings. The zero-order valence-electron chi connectivity index (χ0n) is 12.7. The van der Waals surface area contributed by atoms with Crippen LogP contribution in [0.3, 0.4) is 0 Å². The average molecular weight is 348 g/mol. The summed E-state index contributed by atoms with van der Waals surface area (Å²) in [5.74, 6) is 0.543. The Kier molecular flexibility index (Phi) is 6.40. The maximum Gasteiger partial charge on any atom is 0.434 e. The molecule has 1 aromatic rings. The number of aromatic nitrogens is 1. The number of hydrogen-bond acceptors (Lipinski definition) is 4. The number of thiazole rings is 1. The van der Waals surface area contributed by atoms with Crippen molar-refractivity contribution in [3.63, 3.8) is 0 Å². The van der Waals surface area contributed by atoms with Crippen LogP contribution in [-0.2, 0) is 17.5 Å². The Morgan fingerprint density at radius 1 is 1.43 bits per heavy atom. The van der Waals surface area contributed by atoms with E-state index in [0.717, 1.165) is 36.2 Å². The minimum atomic E-state index is -4.40. The van der Waals surface area contributed by atoms with E-state index < -0.39 is 11.9 Å². The molecule has 0 atom stereocenters. The summed E-state index contributed by atoms with van der Waals surface area (Å²) in [5, 5.41) is 7.49. The molecular formula is C14H19F3N4OS. The quantitative estimate of drug-likeness (QED) is 0.488. The van der Waals surface area contributed by atoms with E-state index in [2.05, 4.69) is 26.7 Å². The number of nitrogens with one attached hydrogen (secondary N) is 2. The average Bonchev–Trinajstić information content (AvgIpc) is 3.01. The predicted octanol–water partition coefficient (Wildman–Crippen LogP) is 2.56. The Balaban J connectivity index is 1.74. The van der Waals surface area contributed by atoms with E-state index in [1.807, 2.05) is 0 Å². The molecule has 1 aromatic heterocycles. The highest BCUT2D eigenvalue weighted by atomic mass is 32.1. The summed E-state index contributed by atoms with van der Waals surface area (Å²) < 4.78 is 42.7. The number of ether oxygens (including phenoxy) is 1. The molecule has 1 aliphatic heterocycles. The number of halogens is 3. The van der Waals surface area contributed by atoms with Gasteiger partial charge < -0.3 is 15.4 Å². The van der Waals surface area contributed by atoms with Crippen molar-refractivity contribution in [2.24, 2.45) is 4.99 Å². The van der Waals surface area contributed by atoms with Crippen molar-refractivity contribution in [2.75, 3.05) is 26.8 Å². The number of aliphatic imine (C=N–C) groups is 1. The van der Waals surface area contributed by atoms with Gasteiger partial charge in [-0.3, -0.25) is 4.99 Å². The van der Waals surface area contributed by atoms with Crippen molar-refractivity contribution in [3.05, 3.63) is 27.7 Å². The minimum absolute atomic E-state index is 0.205. The van der Waals surface area contributed by atoms with Crippen LogP contribution in [0.4, 0.5) is 13.2 Å². The van der Waals surface area contributed by atoms with Gasteiger partial charge in [0.05, 0.1) is 19.8 Å². The molecule has 5 nitrogen and oxygen atoms in total. The van der Waals surface area contributed by atoms with Crippen molar-refractivity contribution in [1.29, 1.82) is 0 Å². The third kappa shape index (κ3) is 5.83. The molecule has 0 aromatic carbocycles. The molecule has 0 fully saturated rings. The van der Waals surface area contributed by atoms with Gasteiger partial charge in [-0.15, -0.1) is 11.3 Å². The number of nitrogens with zero attached hydrogens (tertiary/aromatic N) is 2. The largest absolute Gasteiger partial charge is 0.434 e. The van der Waals surface area contributed by atoms with E-state index in [1.165, 1.54) is 5.57 Å². The Hall–Kier alpha value is -1.61. The van der Waals surface area contributed by atoms with Crippen LogP contribution in [0.15, 0.2) is 22.0 Å². The lowest BCUT2D eigenvalue weighted by Gasteiger charge is -2.15. The van der Waals surface area contributed by atoms with Crippen molar-refractivity contribution >= 4 is 17.3 Å². The third-order valence-corrected chi connectivity index (χ3v) is 4.12. The molecule has 0 spiro atoms. The van der Waals surface area contributed by atoms with Gasteiger partial charge in [0.2, 0.25) is 0 Å². The van der Waals surface area contributed by atoms with Gasteiger partial charge in [0, 0.05) is 19.0 Å². The lowest BCUT2D eigenvalue weighted by Crippen LogP contribution is -2.37. The number of rotatable bonds is 5. The Morgan fingerprint density at radius 2 is 2.26 bits per heavy atom. The van der Waals surface area contributed by atoms with Crippen LogP contribution in [0, 0.1) is 0 Å². The molecule has 0 unspecified atom stereocenters. The lowest BCUT2D eigenvalue weighted by atomic mass is 10.1.